The van der Waals surface area contributed by atoms with E-state index < -0.39 is 11.8 Å². The van der Waals surface area contributed by atoms with E-state index in [1.54, 1.807) is 60.7 Å². The van der Waals surface area contributed by atoms with Crippen LogP contribution in [-0.4, -0.2) is 36.2 Å². The lowest BCUT2D eigenvalue weighted by atomic mass is 10.1. The van der Waals surface area contributed by atoms with Crippen LogP contribution in [0.5, 0.6) is 11.5 Å². The molecule has 4 rings (SSSR count). The minimum Gasteiger partial charge on any atom is -0.494 e. The maximum absolute atomic E-state index is 13.4. The Bertz CT molecular complexity index is 1590. The fraction of sp³-hybridized carbons (Fsp3) is 0.171. The summed E-state index contributed by atoms with van der Waals surface area (Å²) in [5.41, 5.74) is 2.35. The van der Waals surface area contributed by atoms with E-state index in [2.05, 4.69) is 16.0 Å². The van der Waals surface area contributed by atoms with Crippen LogP contribution in [0.1, 0.15) is 36.7 Å². The molecule has 0 saturated heterocycles. The number of thioether (sulfide) groups is 1. The molecule has 0 spiro atoms. The van der Waals surface area contributed by atoms with Gasteiger partial charge in [-0.05, 0) is 93.6 Å². The first kappa shape index (κ1) is 31.9. The van der Waals surface area contributed by atoms with Gasteiger partial charge in [0.2, 0.25) is 5.91 Å². The fourth-order valence-corrected chi connectivity index (χ4v) is 4.97. The Kier molecular flexibility index (Phi) is 11.6. The van der Waals surface area contributed by atoms with E-state index in [0.29, 0.717) is 41.5 Å². The molecule has 0 aromatic heterocycles. The first-order valence-electron chi connectivity index (χ1n) is 14.3. The van der Waals surface area contributed by atoms with Crippen molar-refractivity contribution in [2.75, 3.05) is 23.8 Å². The lowest BCUT2D eigenvalue weighted by molar-refractivity contribution is -0.115. The molecular weight excluding hydrogens is 574 g/mol. The number of carbonyl (C=O) groups excluding carboxylic acids is 3. The average molecular weight is 610 g/mol. The summed E-state index contributed by atoms with van der Waals surface area (Å²) in [4.78, 5) is 40.0. The highest BCUT2D eigenvalue weighted by molar-refractivity contribution is 8.00. The van der Waals surface area contributed by atoms with Crippen LogP contribution in [0.15, 0.2) is 114 Å². The van der Waals surface area contributed by atoms with Crippen molar-refractivity contribution in [1.82, 2.24) is 5.32 Å². The van der Waals surface area contributed by atoms with Crippen LogP contribution in [0.3, 0.4) is 0 Å². The smallest absolute Gasteiger partial charge is 0.272 e. The van der Waals surface area contributed by atoms with Gasteiger partial charge >= 0.3 is 0 Å². The van der Waals surface area contributed by atoms with E-state index in [0.717, 1.165) is 10.6 Å². The minimum absolute atomic E-state index is 0.0593. The normalized spacial score (nSPS) is 11.7. The number of anilines is 2. The van der Waals surface area contributed by atoms with Gasteiger partial charge in [-0.25, -0.2) is 0 Å². The van der Waals surface area contributed by atoms with Crippen LogP contribution in [-0.2, 0) is 9.59 Å². The van der Waals surface area contributed by atoms with Crippen molar-refractivity contribution in [3.05, 3.63) is 120 Å². The Labute approximate surface area is 261 Å². The third-order valence-electron chi connectivity index (χ3n) is 6.27. The first-order chi connectivity index (χ1) is 21.4. The van der Waals surface area contributed by atoms with E-state index in [-0.39, 0.29) is 16.9 Å². The molecule has 0 radical (unpaired) electrons. The van der Waals surface area contributed by atoms with Gasteiger partial charge in [0.25, 0.3) is 11.8 Å². The van der Waals surface area contributed by atoms with E-state index >= 15 is 0 Å². The number of amides is 3. The van der Waals surface area contributed by atoms with Gasteiger partial charge in [0, 0.05) is 27.4 Å². The molecule has 0 aliphatic rings. The molecule has 1 unspecified atom stereocenters. The van der Waals surface area contributed by atoms with E-state index in [9.17, 15) is 14.4 Å². The molecule has 44 heavy (non-hydrogen) atoms. The summed E-state index contributed by atoms with van der Waals surface area (Å²) in [7, 11) is 0. The number of nitrogens with one attached hydrogen (secondary N) is 3. The largest absolute Gasteiger partial charge is 0.494 e. The first-order valence-corrected chi connectivity index (χ1v) is 15.2. The zero-order chi connectivity index (χ0) is 31.3. The van der Waals surface area contributed by atoms with Crippen LogP contribution < -0.4 is 25.4 Å². The standard InChI is InChI=1S/C35H35N3O5S/c1-4-42-29-19-15-27(16-20-29)36-33(39)24(3)44-30-21-17-28(18-22-30)37-35(41)31(38-34(40)25-11-7-6-8-12-25)23-26-13-9-10-14-32(26)43-5-2/h6-24H,4-5H2,1-3H3,(H,36,39)(H,37,41)(H,38,40)/b31-23-. The van der Waals surface area contributed by atoms with Crippen molar-refractivity contribution in [2.45, 2.75) is 30.9 Å². The lowest BCUT2D eigenvalue weighted by Gasteiger charge is -2.14. The summed E-state index contributed by atoms with van der Waals surface area (Å²) in [5, 5.41) is 8.16. The van der Waals surface area contributed by atoms with Crippen molar-refractivity contribution < 1.29 is 23.9 Å². The predicted molar refractivity (Wildman–Crippen MR) is 176 cm³/mol. The van der Waals surface area contributed by atoms with Crippen molar-refractivity contribution in [3.63, 3.8) is 0 Å². The third kappa shape index (κ3) is 9.24. The Hall–Kier alpha value is -5.02. The monoisotopic (exact) mass is 609 g/mol. The third-order valence-corrected chi connectivity index (χ3v) is 7.39. The van der Waals surface area contributed by atoms with Crippen LogP contribution in [0, 0.1) is 0 Å². The van der Waals surface area contributed by atoms with E-state index in [4.69, 9.17) is 9.47 Å². The van der Waals surface area contributed by atoms with Crippen molar-refractivity contribution in [1.29, 1.82) is 0 Å². The van der Waals surface area contributed by atoms with Gasteiger partial charge in [0.15, 0.2) is 0 Å². The number of para-hydroxylation sites is 1. The molecule has 9 heteroatoms. The summed E-state index contributed by atoms with van der Waals surface area (Å²) in [6.07, 6.45) is 1.59. The Morgan fingerprint density at radius 2 is 1.36 bits per heavy atom. The fourth-order valence-electron chi connectivity index (χ4n) is 4.10. The van der Waals surface area contributed by atoms with Gasteiger partial charge in [-0.3, -0.25) is 14.4 Å². The summed E-state index contributed by atoms with van der Waals surface area (Å²) < 4.78 is 11.2. The summed E-state index contributed by atoms with van der Waals surface area (Å²) in [5.74, 6) is 0.301. The maximum Gasteiger partial charge on any atom is 0.272 e. The SMILES string of the molecule is CCOc1ccc(NC(=O)C(C)Sc2ccc(NC(=O)/C(=C/c3ccccc3OCC)NC(=O)c3ccccc3)cc2)cc1. The molecule has 3 N–H and O–H groups in total. The van der Waals surface area contributed by atoms with Gasteiger partial charge in [0.05, 0.1) is 18.5 Å². The minimum atomic E-state index is -0.496. The topological polar surface area (TPSA) is 106 Å². The highest BCUT2D eigenvalue weighted by Gasteiger charge is 2.18. The molecule has 226 valence electrons. The summed E-state index contributed by atoms with van der Waals surface area (Å²) in [6, 6.07) is 30.4. The number of hydrogen-bond acceptors (Lipinski definition) is 6. The number of benzene rings is 4. The lowest BCUT2D eigenvalue weighted by Crippen LogP contribution is -2.30. The second-order valence-electron chi connectivity index (χ2n) is 9.53. The van der Waals surface area contributed by atoms with Crippen molar-refractivity contribution in [2.24, 2.45) is 0 Å². The maximum atomic E-state index is 13.4. The Morgan fingerprint density at radius 1 is 0.750 bits per heavy atom. The number of rotatable bonds is 13. The second kappa shape index (κ2) is 16.0. The average Bonchev–Trinajstić information content (AvgIpc) is 3.04. The van der Waals surface area contributed by atoms with Crippen LogP contribution in [0.4, 0.5) is 11.4 Å². The number of carbonyl (C=O) groups is 3. The quantitative estimate of drug-likeness (QED) is 0.111. The molecule has 0 aliphatic heterocycles. The highest BCUT2D eigenvalue weighted by atomic mass is 32.2. The molecule has 0 bridgehead atoms. The molecule has 0 heterocycles. The zero-order valence-electron chi connectivity index (χ0n) is 24.8. The Balaban J connectivity index is 1.43. The molecule has 3 amide bonds. The summed E-state index contributed by atoms with van der Waals surface area (Å²) in [6.45, 7) is 6.65. The Morgan fingerprint density at radius 3 is 2.05 bits per heavy atom. The van der Waals surface area contributed by atoms with Gasteiger partial charge in [-0.2, -0.15) is 0 Å². The van der Waals surface area contributed by atoms with Gasteiger partial charge in [-0.1, -0.05) is 36.4 Å². The van der Waals surface area contributed by atoms with Gasteiger partial charge in [0.1, 0.15) is 17.2 Å². The highest BCUT2D eigenvalue weighted by Crippen LogP contribution is 2.27. The zero-order valence-corrected chi connectivity index (χ0v) is 25.6. The van der Waals surface area contributed by atoms with Gasteiger partial charge in [-0.15, -0.1) is 11.8 Å². The number of hydrogen-bond donors (Lipinski definition) is 3. The van der Waals surface area contributed by atoms with Crippen LogP contribution >= 0.6 is 11.8 Å². The van der Waals surface area contributed by atoms with Crippen LogP contribution in [0.25, 0.3) is 6.08 Å². The second-order valence-corrected chi connectivity index (χ2v) is 10.9. The molecular formula is C35H35N3O5S. The molecule has 0 fully saturated rings. The van der Waals surface area contributed by atoms with E-state index in [1.807, 2.05) is 69.3 Å². The molecule has 4 aromatic carbocycles. The van der Waals surface area contributed by atoms with Gasteiger partial charge < -0.3 is 25.4 Å². The van der Waals surface area contributed by atoms with Crippen LogP contribution in [0.2, 0.25) is 0 Å². The van der Waals surface area contributed by atoms with E-state index in [1.165, 1.54) is 11.8 Å². The molecule has 8 nitrogen and oxygen atoms in total. The van der Waals surface area contributed by atoms with Crippen molar-refractivity contribution >= 4 is 46.9 Å². The molecule has 1 atom stereocenters. The predicted octanol–water partition coefficient (Wildman–Crippen LogP) is 7.01. The molecule has 0 saturated carbocycles. The molecule has 4 aromatic rings. The number of ether oxygens (including phenoxy) is 2. The van der Waals surface area contributed by atoms with Crippen molar-refractivity contribution in [3.8, 4) is 11.5 Å². The molecule has 0 aliphatic carbocycles. The summed E-state index contributed by atoms with van der Waals surface area (Å²) >= 11 is 1.40.